The van der Waals surface area contributed by atoms with Crippen molar-refractivity contribution in [3.63, 3.8) is 0 Å². The lowest BCUT2D eigenvalue weighted by Gasteiger charge is -2.39. The average Bonchev–Trinajstić information content (AvgIpc) is 3.29. The van der Waals surface area contributed by atoms with Crippen LogP contribution >= 0.6 is 0 Å². The Bertz CT molecular complexity index is 1100. The van der Waals surface area contributed by atoms with Crippen LogP contribution < -0.4 is 5.56 Å². The number of aromatic nitrogens is 3. The summed E-state index contributed by atoms with van der Waals surface area (Å²) >= 11 is 0. The molecule has 130 valence electrons. The van der Waals surface area contributed by atoms with Gasteiger partial charge in [0.1, 0.15) is 5.56 Å². The fourth-order valence-electron chi connectivity index (χ4n) is 4.19. The highest BCUT2D eigenvalue weighted by Gasteiger charge is 2.39. The standard InChI is InChI=1S/C20H18N4O2/c25-18(15-13-21-17-6-10-22-24(17)19(15)26)23-11-8-20(9-12-23)7-5-14-3-1-2-4-16(14)20/h1-7,10,13,22H,8-9,11-12H2. The number of rotatable bonds is 1. The van der Waals surface area contributed by atoms with Gasteiger partial charge in [-0.3, -0.25) is 14.7 Å². The summed E-state index contributed by atoms with van der Waals surface area (Å²) in [5.41, 5.74) is 2.91. The Kier molecular flexibility index (Phi) is 3.16. The van der Waals surface area contributed by atoms with Gasteiger partial charge in [-0.25, -0.2) is 9.50 Å². The van der Waals surface area contributed by atoms with E-state index in [1.165, 1.54) is 21.8 Å². The molecule has 0 unspecified atom stereocenters. The molecule has 1 amide bonds. The first-order valence-electron chi connectivity index (χ1n) is 8.81. The van der Waals surface area contributed by atoms with E-state index in [9.17, 15) is 9.59 Å². The van der Waals surface area contributed by atoms with Crippen LogP contribution in [-0.4, -0.2) is 38.5 Å². The molecule has 1 fully saturated rings. The minimum Gasteiger partial charge on any atom is -0.338 e. The van der Waals surface area contributed by atoms with E-state index in [2.05, 4.69) is 46.5 Å². The molecular formula is C20H18N4O2. The quantitative estimate of drug-likeness (QED) is 0.734. The summed E-state index contributed by atoms with van der Waals surface area (Å²) in [6.45, 7) is 1.26. The van der Waals surface area contributed by atoms with E-state index in [0.717, 1.165) is 12.8 Å². The largest absolute Gasteiger partial charge is 0.338 e. The fraction of sp³-hybridized carbons (Fsp3) is 0.250. The van der Waals surface area contributed by atoms with Crippen LogP contribution in [0.3, 0.4) is 0 Å². The Labute approximate surface area is 149 Å². The highest BCUT2D eigenvalue weighted by Crippen LogP contribution is 2.43. The van der Waals surface area contributed by atoms with E-state index in [0.29, 0.717) is 18.7 Å². The number of H-pyrrole nitrogens is 1. The van der Waals surface area contributed by atoms with Gasteiger partial charge in [0.2, 0.25) is 0 Å². The Balaban J connectivity index is 1.40. The van der Waals surface area contributed by atoms with E-state index in [1.54, 1.807) is 17.2 Å². The van der Waals surface area contributed by atoms with Crippen LogP contribution in [0.2, 0.25) is 0 Å². The smallest absolute Gasteiger partial charge is 0.285 e. The van der Waals surface area contributed by atoms with Crippen molar-refractivity contribution < 1.29 is 4.79 Å². The first-order valence-corrected chi connectivity index (χ1v) is 8.81. The summed E-state index contributed by atoms with van der Waals surface area (Å²) in [6.07, 6.45) is 9.22. The van der Waals surface area contributed by atoms with E-state index >= 15 is 0 Å². The normalized spacial score (nSPS) is 17.8. The number of carbonyl (C=O) groups excluding carboxylic acids is 1. The van der Waals surface area contributed by atoms with Crippen LogP contribution in [-0.2, 0) is 5.41 Å². The SMILES string of the molecule is O=C(c1cnc2cc[nH]n2c1=O)N1CCC2(C=Cc3ccccc32)CC1. The number of benzene rings is 1. The molecule has 1 aliphatic heterocycles. The molecule has 26 heavy (non-hydrogen) atoms. The second-order valence-electron chi connectivity index (χ2n) is 7.00. The minimum atomic E-state index is -0.351. The maximum absolute atomic E-state index is 12.9. The number of carbonyl (C=O) groups is 1. The van der Waals surface area contributed by atoms with Crippen molar-refractivity contribution in [2.45, 2.75) is 18.3 Å². The molecule has 3 aromatic rings. The Morgan fingerprint density at radius 2 is 1.96 bits per heavy atom. The van der Waals surface area contributed by atoms with Crippen LogP contribution in [0.25, 0.3) is 11.7 Å². The molecule has 1 aliphatic carbocycles. The fourth-order valence-corrected chi connectivity index (χ4v) is 4.19. The van der Waals surface area contributed by atoms with Crippen molar-refractivity contribution in [1.82, 2.24) is 19.5 Å². The number of fused-ring (bicyclic) bond motifs is 3. The lowest BCUT2D eigenvalue weighted by Crippen LogP contribution is -2.45. The molecule has 1 saturated heterocycles. The second kappa shape index (κ2) is 5.42. The Hall–Kier alpha value is -3.15. The summed E-state index contributed by atoms with van der Waals surface area (Å²) in [5, 5.41) is 2.80. The number of likely N-dealkylation sites (tertiary alicyclic amines) is 1. The molecule has 0 atom stereocenters. The molecule has 3 heterocycles. The molecule has 0 bridgehead atoms. The summed E-state index contributed by atoms with van der Waals surface area (Å²) < 4.78 is 1.30. The van der Waals surface area contributed by atoms with Gasteiger partial charge in [-0.15, -0.1) is 0 Å². The van der Waals surface area contributed by atoms with Gasteiger partial charge in [0.15, 0.2) is 5.65 Å². The monoisotopic (exact) mass is 346 g/mol. The number of amides is 1. The number of nitrogens with zero attached hydrogens (tertiary/aromatic N) is 3. The molecule has 6 nitrogen and oxygen atoms in total. The Morgan fingerprint density at radius 1 is 1.15 bits per heavy atom. The van der Waals surface area contributed by atoms with Gasteiger partial charge in [0, 0.05) is 37.0 Å². The molecule has 6 heteroatoms. The topological polar surface area (TPSA) is 70.5 Å². The first kappa shape index (κ1) is 15.1. The van der Waals surface area contributed by atoms with Crippen LogP contribution in [0, 0.1) is 0 Å². The van der Waals surface area contributed by atoms with Crippen molar-refractivity contribution in [3.05, 3.63) is 75.8 Å². The van der Waals surface area contributed by atoms with E-state index < -0.39 is 0 Å². The van der Waals surface area contributed by atoms with Crippen LogP contribution in [0.1, 0.15) is 34.3 Å². The van der Waals surface area contributed by atoms with Crippen molar-refractivity contribution in [2.75, 3.05) is 13.1 Å². The van der Waals surface area contributed by atoms with Crippen LogP contribution in [0.15, 0.2) is 53.6 Å². The third kappa shape index (κ3) is 2.08. The van der Waals surface area contributed by atoms with Crippen molar-refractivity contribution in [2.24, 2.45) is 0 Å². The second-order valence-corrected chi connectivity index (χ2v) is 7.00. The van der Waals surface area contributed by atoms with Crippen molar-refractivity contribution >= 4 is 17.6 Å². The lowest BCUT2D eigenvalue weighted by atomic mass is 9.74. The van der Waals surface area contributed by atoms with Crippen molar-refractivity contribution in [1.29, 1.82) is 0 Å². The molecule has 5 rings (SSSR count). The van der Waals surface area contributed by atoms with Gasteiger partial charge in [-0.1, -0.05) is 36.4 Å². The molecule has 1 N–H and O–H groups in total. The van der Waals surface area contributed by atoms with Gasteiger partial charge in [-0.2, -0.15) is 0 Å². The zero-order valence-electron chi connectivity index (χ0n) is 14.2. The predicted molar refractivity (Wildman–Crippen MR) is 98.1 cm³/mol. The summed E-state index contributed by atoms with van der Waals surface area (Å²) in [7, 11) is 0. The minimum absolute atomic E-state index is 0.0179. The molecule has 1 spiro atoms. The molecule has 1 aromatic carbocycles. The van der Waals surface area contributed by atoms with Gasteiger partial charge >= 0.3 is 0 Å². The number of nitrogens with one attached hydrogen (secondary N) is 1. The molecule has 2 aliphatic rings. The first-order chi connectivity index (χ1) is 12.7. The maximum atomic E-state index is 12.9. The number of aromatic amines is 1. The van der Waals surface area contributed by atoms with Crippen LogP contribution in [0.4, 0.5) is 0 Å². The van der Waals surface area contributed by atoms with Gasteiger partial charge in [0.25, 0.3) is 11.5 Å². The summed E-state index contributed by atoms with van der Waals surface area (Å²) in [5.74, 6) is -0.239. The number of hydrogen-bond acceptors (Lipinski definition) is 3. The predicted octanol–water partition coefficient (Wildman–Crippen LogP) is 2.22. The number of piperidine rings is 1. The molecule has 0 saturated carbocycles. The van der Waals surface area contributed by atoms with E-state index in [-0.39, 0.29) is 22.4 Å². The highest BCUT2D eigenvalue weighted by molar-refractivity contribution is 5.94. The lowest BCUT2D eigenvalue weighted by molar-refractivity contribution is 0.0687. The zero-order valence-corrected chi connectivity index (χ0v) is 14.2. The summed E-state index contributed by atoms with van der Waals surface area (Å²) in [6, 6.07) is 10.1. The van der Waals surface area contributed by atoms with Crippen LogP contribution in [0.5, 0.6) is 0 Å². The third-order valence-electron chi connectivity index (χ3n) is 5.68. The van der Waals surface area contributed by atoms with Crippen molar-refractivity contribution in [3.8, 4) is 0 Å². The van der Waals surface area contributed by atoms with Gasteiger partial charge in [-0.05, 0) is 24.0 Å². The number of hydrogen-bond donors (Lipinski definition) is 1. The molecular weight excluding hydrogens is 328 g/mol. The zero-order chi connectivity index (χ0) is 17.7. The Morgan fingerprint density at radius 3 is 2.81 bits per heavy atom. The molecule has 2 aromatic heterocycles. The highest BCUT2D eigenvalue weighted by atomic mass is 16.2. The van der Waals surface area contributed by atoms with E-state index in [1.807, 2.05) is 0 Å². The molecule has 0 radical (unpaired) electrons. The van der Waals surface area contributed by atoms with E-state index in [4.69, 9.17) is 0 Å². The third-order valence-corrected chi connectivity index (χ3v) is 5.68. The maximum Gasteiger partial charge on any atom is 0.285 e. The average molecular weight is 346 g/mol. The van der Waals surface area contributed by atoms with Gasteiger partial charge in [0.05, 0.1) is 0 Å². The summed E-state index contributed by atoms with van der Waals surface area (Å²) in [4.78, 5) is 31.4. The number of allylic oxidation sites excluding steroid dienone is 1. The van der Waals surface area contributed by atoms with Gasteiger partial charge < -0.3 is 4.90 Å².